The van der Waals surface area contributed by atoms with E-state index in [-0.39, 0.29) is 0 Å². The van der Waals surface area contributed by atoms with E-state index < -0.39 is 0 Å². The summed E-state index contributed by atoms with van der Waals surface area (Å²) >= 11 is 0. The van der Waals surface area contributed by atoms with Crippen LogP contribution in [0.15, 0.2) is 34.9 Å². The highest BCUT2D eigenvalue weighted by atomic mass is 16.5. The van der Waals surface area contributed by atoms with Crippen molar-refractivity contribution in [3.63, 3.8) is 0 Å². The number of aliphatic hydroxyl groups is 1. The minimum Gasteiger partial charge on any atom is -0.396 e. The lowest BCUT2D eigenvalue weighted by Crippen LogP contribution is -2.35. The van der Waals surface area contributed by atoms with Crippen LogP contribution in [0.2, 0.25) is 0 Å². The van der Waals surface area contributed by atoms with Crippen LogP contribution in [0.5, 0.6) is 0 Å². The maximum Gasteiger partial charge on any atom is 0.240 e. The predicted molar refractivity (Wildman–Crippen MR) is 87.8 cm³/mol. The molecule has 1 fully saturated rings. The normalized spacial score (nSPS) is 21.7. The molecule has 124 valence electrons. The fourth-order valence-electron chi connectivity index (χ4n) is 3.32. The molecule has 0 bridgehead atoms. The van der Waals surface area contributed by atoms with Gasteiger partial charge in [0.15, 0.2) is 5.82 Å². The van der Waals surface area contributed by atoms with Crippen LogP contribution in [0.25, 0.3) is 0 Å². The number of hydrogen-bond acceptors (Lipinski definition) is 5. The first-order valence-corrected chi connectivity index (χ1v) is 8.41. The molecule has 0 spiro atoms. The van der Waals surface area contributed by atoms with Crippen molar-refractivity contribution in [2.45, 2.75) is 44.7 Å². The standard InChI is InChI=1S/C18H25N3O2/c1-21(16-9-7-15(13-22)8-10-16)12-18-19-17(20-23-18)11-14-5-3-2-4-6-14/h2-6,15-16,22H,7-13H2,1H3. The molecule has 23 heavy (non-hydrogen) atoms. The number of rotatable bonds is 6. The highest BCUT2D eigenvalue weighted by Crippen LogP contribution is 2.27. The van der Waals surface area contributed by atoms with Crippen molar-refractivity contribution in [3.05, 3.63) is 47.6 Å². The van der Waals surface area contributed by atoms with Gasteiger partial charge in [-0.1, -0.05) is 35.5 Å². The third-order valence-corrected chi connectivity index (χ3v) is 4.80. The molecule has 5 nitrogen and oxygen atoms in total. The van der Waals surface area contributed by atoms with Gasteiger partial charge < -0.3 is 9.63 Å². The van der Waals surface area contributed by atoms with Crippen molar-refractivity contribution in [3.8, 4) is 0 Å². The summed E-state index contributed by atoms with van der Waals surface area (Å²) in [4.78, 5) is 6.81. The molecule has 0 amide bonds. The Morgan fingerprint density at radius 3 is 2.61 bits per heavy atom. The number of hydrogen-bond donors (Lipinski definition) is 1. The molecule has 1 aliphatic rings. The lowest BCUT2D eigenvalue weighted by atomic mass is 9.86. The van der Waals surface area contributed by atoms with Crippen molar-refractivity contribution in [2.24, 2.45) is 5.92 Å². The van der Waals surface area contributed by atoms with Crippen LogP contribution < -0.4 is 0 Å². The van der Waals surface area contributed by atoms with Gasteiger partial charge in [-0.05, 0) is 44.2 Å². The van der Waals surface area contributed by atoms with Gasteiger partial charge in [0.25, 0.3) is 0 Å². The van der Waals surface area contributed by atoms with Gasteiger partial charge in [0.05, 0.1) is 6.54 Å². The molecular weight excluding hydrogens is 290 g/mol. The van der Waals surface area contributed by atoms with Crippen molar-refractivity contribution >= 4 is 0 Å². The average molecular weight is 315 g/mol. The van der Waals surface area contributed by atoms with Crippen molar-refractivity contribution < 1.29 is 9.63 Å². The molecule has 0 radical (unpaired) electrons. The molecule has 0 saturated heterocycles. The largest absolute Gasteiger partial charge is 0.396 e. The summed E-state index contributed by atoms with van der Waals surface area (Å²) in [6.45, 7) is 1.01. The Morgan fingerprint density at radius 1 is 1.17 bits per heavy atom. The molecule has 0 unspecified atom stereocenters. The summed E-state index contributed by atoms with van der Waals surface area (Å²) in [6, 6.07) is 10.7. The number of aromatic nitrogens is 2. The second kappa shape index (κ2) is 7.70. The lowest BCUT2D eigenvalue weighted by molar-refractivity contribution is 0.116. The van der Waals surface area contributed by atoms with Crippen LogP contribution in [-0.4, -0.2) is 39.8 Å². The van der Waals surface area contributed by atoms with E-state index in [1.165, 1.54) is 5.56 Å². The topological polar surface area (TPSA) is 62.4 Å². The summed E-state index contributed by atoms with van der Waals surface area (Å²) in [5.41, 5.74) is 1.19. The summed E-state index contributed by atoms with van der Waals surface area (Å²) < 4.78 is 5.40. The molecular formula is C18H25N3O2. The zero-order valence-corrected chi connectivity index (χ0v) is 13.7. The Bertz CT molecular complexity index is 591. The molecule has 2 aromatic rings. The summed E-state index contributed by atoms with van der Waals surface area (Å²) in [7, 11) is 2.12. The van der Waals surface area contributed by atoms with E-state index >= 15 is 0 Å². The molecule has 1 aromatic heterocycles. The van der Waals surface area contributed by atoms with Gasteiger partial charge in [-0.3, -0.25) is 4.90 Å². The lowest BCUT2D eigenvalue weighted by Gasteiger charge is -2.33. The minimum absolute atomic E-state index is 0.322. The Morgan fingerprint density at radius 2 is 1.91 bits per heavy atom. The molecule has 1 aromatic carbocycles. The number of aliphatic hydroxyl groups excluding tert-OH is 1. The first-order valence-electron chi connectivity index (χ1n) is 8.41. The van der Waals surface area contributed by atoms with Crippen molar-refractivity contribution in [2.75, 3.05) is 13.7 Å². The van der Waals surface area contributed by atoms with Gasteiger partial charge in [-0.25, -0.2) is 0 Å². The Hall–Kier alpha value is -1.72. The maximum absolute atomic E-state index is 9.23. The summed E-state index contributed by atoms with van der Waals surface area (Å²) in [5, 5.41) is 13.3. The summed E-state index contributed by atoms with van der Waals surface area (Å²) in [5.74, 6) is 1.91. The molecule has 0 atom stereocenters. The van der Waals surface area contributed by atoms with E-state index in [2.05, 4.69) is 34.2 Å². The fourth-order valence-corrected chi connectivity index (χ4v) is 3.32. The van der Waals surface area contributed by atoms with Crippen LogP contribution in [0.4, 0.5) is 0 Å². The summed E-state index contributed by atoms with van der Waals surface area (Å²) in [6.07, 6.45) is 5.18. The average Bonchev–Trinajstić information content (AvgIpc) is 3.02. The second-order valence-electron chi connectivity index (χ2n) is 6.54. The molecule has 3 rings (SSSR count). The first-order chi connectivity index (χ1) is 11.2. The highest BCUT2D eigenvalue weighted by molar-refractivity contribution is 5.18. The van der Waals surface area contributed by atoms with E-state index in [9.17, 15) is 5.11 Å². The van der Waals surface area contributed by atoms with Gasteiger partial charge >= 0.3 is 0 Å². The van der Waals surface area contributed by atoms with Crippen molar-refractivity contribution in [1.82, 2.24) is 15.0 Å². The maximum atomic E-state index is 9.23. The van der Waals surface area contributed by atoms with Crippen LogP contribution in [-0.2, 0) is 13.0 Å². The first kappa shape index (κ1) is 16.1. The molecule has 0 aliphatic heterocycles. The van der Waals surface area contributed by atoms with Crippen LogP contribution in [0, 0.1) is 5.92 Å². The number of nitrogens with zero attached hydrogens (tertiary/aromatic N) is 3. The van der Waals surface area contributed by atoms with Gasteiger partial charge in [0.1, 0.15) is 0 Å². The monoisotopic (exact) mass is 315 g/mol. The molecule has 1 aliphatic carbocycles. The van der Waals surface area contributed by atoms with E-state index in [4.69, 9.17) is 4.52 Å². The molecule has 1 saturated carbocycles. The SMILES string of the molecule is CN(Cc1nc(Cc2ccccc2)no1)C1CCC(CO)CC1. The minimum atomic E-state index is 0.322. The van der Waals surface area contributed by atoms with Crippen LogP contribution in [0.3, 0.4) is 0 Å². The molecule has 5 heteroatoms. The zero-order valence-electron chi connectivity index (χ0n) is 13.7. The van der Waals surface area contributed by atoms with E-state index in [1.54, 1.807) is 0 Å². The fraction of sp³-hybridized carbons (Fsp3) is 0.556. The highest BCUT2D eigenvalue weighted by Gasteiger charge is 2.24. The zero-order chi connectivity index (χ0) is 16.1. The predicted octanol–water partition coefficient (Wildman–Crippen LogP) is 2.64. The molecule has 1 heterocycles. The quantitative estimate of drug-likeness (QED) is 0.888. The Labute approximate surface area is 137 Å². The van der Waals surface area contributed by atoms with Crippen molar-refractivity contribution in [1.29, 1.82) is 0 Å². The number of benzene rings is 1. The van der Waals surface area contributed by atoms with E-state index in [1.807, 2.05) is 18.2 Å². The third-order valence-electron chi connectivity index (χ3n) is 4.80. The van der Waals surface area contributed by atoms with Gasteiger partial charge in [0.2, 0.25) is 5.89 Å². The van der Waals surface area contributed by atoms with E-state index in [0.29, 0.717) is 37.4 Å². The van der Waals surface area contributed by atoms with Gasteiger partial charge in [-0.2, -0.15) is 4.98 Å². The van der Waals surface area contributed by atoms with Gasteiger partial charge in [0, 0.05) is 19.1 Å². The van der Waals surface area contributed by atoms with Crippen LogP contribution >= 0.6 is 0 Å². The smallest absolute Gasteiger partial charge is 0.240 e. The Balaban J connectivity index is 1.52. The van der Waals surface area contributed by atoms with Crippen LogP contribution in [0.1, 0.15) is 43.0 Å². The van der Waals surface area contributed by atoms with E-state index in [0.717, 1.165) is 31.5 Å². The third kappa shape index (κ3) is 4.39. The Kier molecular flexibility index (Phi) is 5.41. The van der Waals surface area contributed by atoms with Gasteiger partial charge in [-0.15, -0.1) is 0 Å². The second-order valence-corrected chi connectivity index (χ2v) is 6.54. The molecule has 1 N–H and O–H groups in total.